The van der Waals surface area contributed by atoms with Crippen LogP contribution in [0.5, 0.6) is 0 Å². The van der Waals surface area contributed by atoms with Crippen LogP contribution in [0.4, 0.5) is 0 Å². The number of carboxylic acid groups (broad SMARTS) is 1. The standard InChI is InChI=1S/C11H19NO4/c1-8-4-3-5-9(2)12(8)10(13)6-16-7-11(14)15/h8-9H,3-7H2,1-2H3,(H,14,15)/t8-,9+. The quantitative estimate of drug-likeness (QED) is 0.777. The molecule has 0 bridgehead atoms. The van der Waals surface area contributed by atoms with Gasteiger partial charge in [-0.3, -0.25) is 4.79 Å². The molecule has 92 valence electrons. The Balaban J connectivity index is 2.41. The number of hydrogen-bond donors (Lipinski definition) is 1. The van der Waals surface area contributed by atoms with Crippen LogP contribution >= 0.6 is 0 Å². The second kappa shape index (κ2) is 5.84. The largest absolute Gasteiger partial charge is 0.480 e. The van der Waals surface area contributed by atoms with E-state index in [4.69, 9.17) is 9.84 Å². The highest BCUT2D eigenvalue weighted by Gasteiger charge is 2.28. The van der Waals surface area contributed by atoms with Gasteiger partial charge in [0.05, 0.1) is 0 Å². The van der Waals surface area contributed by atoms with Gasteiger partial charge >= 0.3 is 5.97 Å². The number of piperidine rings is 1. The van der Waals surface area contributed by atoms with Gasteiger partial charge in [-0.1, -0.05) is 0 Å². The van der Waals surface area contributed by atoms with Crippen molar-refractivity contribution in [2.45, 2.75) is 45.2 Å². The second-order valence-electron chi connectivity index (χ2n) is 4.32. The number of nitrogens with zero attached hydrogens (tertiary/aromatic N) is 1. The zero-order chi connectivity index (χ0) is 12.1. The van der Waals surface area contributed by atoms with Crippen LogP contribution in [0.3, 0.4) is 0 Å². The summed E-state index contributed by atoms with van der Waals surface area (Å²) < 4.78 is 4.82. The molecule has 0 saturated carbocycles. The molecule has 1 saturated heterocycles. The fourth-order valence-electron chi connectivity index (χ4n) is 2.21. The summed E-state index contributed by atoms with van der Waals surface area (Å²) >= 11 is 0. The highest BCUT2D eigenvalue weighted by Crippen LogP contribution is 2.22. The number of carbonyl (C=O) groups excluding carboxylic acids is 1. The summed E-state index contributed by atoms with van der Waals surface area (Å²) in [6.45, 7) is 3.48. The molecular formula is C11H19NO4. The fraction of sp³-hybridized carbons (Fsp3) is 0.818. The van der Waals surface area contributed by atoms with Gasteiger partial charge < -0.3 is 14.7 Å². The van der Waals surface area contributed by atoms with Crippen molar-refractivity contribution in [2.75, 3.05) is 13.2 Å². The summed E-state index contributed by atoms with van der Waals surface area (Å²) in [5.41, 5.74) is 0. The minimum atomic E-state index is -1.05. The van der Waals surface area contributed by atoms with Crippen molar-refractivity contribution in [3.63, 3.8) is 0 Å². The van der Waals surface area contributed by atoms with E-state index < -0.39 is 12.6 Å². The van der Waals surface area contributed by atoms with Gasteiger partial charge in [-0.2, -0.15) is 0 Å². The Morgan fingerprint density at radius 2 is 1.81 bits per heavy atom. The molecule has 0 aliphatic carbocycles. The molecule has 0 aromatic heterocycles. The number of ether oxygens (including phenoxy) is 1. The molecule has 1 aliphatic rings. The Morgan fingerprint density at radius 1 is 1.25 bits per heavy atom. The lowest BCUT2D eigenvalue weighted by Crippen LogP contribution is -2.49. The Morgan fingerprint density at radius 3 is 2.31 bits per heavy atom. The number of rotatable bonds is 4. The van der Waals surface area contributed by atoms with E-state index in [0.29, 0.717) is 0 Å². The maximum atomic E-state index is 11.8. The van der Waals surface area contributed by atoms with Gasteiger partial charge in [0.25, 0.3) is 0 Å². The molecule has 5 heteroatoms. The summed E-state index contributed by atoms with van der Waals surface area (Å²) in [5, 5.41) is 8.39. The first kappa shape index (κ1) is 13.0. The topological polar surface area (TPSA) is 66.8 Å². The predicted molar refractivity (Wildman–Crippen MR) is 58.1 cm³/mol. The molecule has 0 aromatic rings. The number of carbonyl (C=O) groups is 2. The number of carboxylic acids is 1. The lowest BCUT2D eigenvalue weighted by atomic mass is 9.97. The Labute approximate surface area is 95.4 Å². The highest BCUT2D eigenvalue weighted by atomic mass is 16.5. The lowest BCUT2D eigenvalue weighted by Gasteiger charge is -2.39. The molecule has 1 aliphatic heterocycles. The zero-order valence-electron chi connectivity index (χ0n) is 9.81. The summed E-state index contributed by atoms with van der Waals surface area (Å²) in [5.74, 6) is -1.16. The molecular weight excluding hydrogens is 210 g/mol. The van der Waals surface area contributed by atoms with Crippen molar-refractivity contribution < 1.29 is 19.4 Å². The van der Waals surface area contributed by atoms with Gasteiger partial charge in [0.2, 0.25) is 5.91 Å². The average Bonchev–Trinajstić information content (AvgIpc) is 2.16. The van der Waals surface area contributed by atoms with Crippen LogP contribution < -0.4 is 0 Å². The average molecular weight is 229 g/mol. The number of likely N-dealkylation sites (tertiary alicyclic amines) is 1. The van der Waals surface area contributed by atoms with Crippen LogP contribution in [0.1, 0.15) is 33.1 Å². The first-order chi connectivity index (χ1) is 7.52. The molecule has 0 spiro atoms. The minimum Gasteiger partial charge on any atom is -0.480 e. The van der Waals surface area contributed by atoms with E-state index in [0.717, 1.165) is 19.3 Å². The molecule has 2 atom stereocenters. The molecule has 0 aromatic carbocycles. The van der Waals surface area contributed by atoms with Crippen molar-refractivity contribution in [1.29, 1.82) is 0 Å². The van der Waals surface area contributed by atoms with Gasteiger partial charge in [0, 0.05) is 12.1 Å². The van der Waals surface area contributed by atoms with Crippen LogP contribution in [0.15, 0.2) is 0 Å². The third-order valence-electron chi connectivity index (χ3n) is 2.93. The van der Waals surface area contributed by atoms with E-state index in [-0.39, 0.29) is 24.6 Å². The number of hydrogen-bond acceptors (Lipinski definition) is 3. The van der Waals surface area contributed by atoms with Crippen molar-refractivity contribution >= 4 is 11.9 Å². The molecule has 1 N–H and O–H groups in total. The third kappa shape index (κ3) is 3.48. The first-order valence-electron chi connectivity index (χ1n) is 5.63. The Bertz CT molecular complexity index is 257. The monoisotopic (exact) mass is 229 g/mol. The van der Waals surface area contributed by atoms with Gasteiger partial charge in [0.1, 0.15) is 13.2 Å². The third-order valence-corrected chi connectivity index (χ3v) is 2.93. The molecule has 0 unspecified atom stereocenters. The summed E-state index contributed by atoms with van der Waals surface area (Å²) in [6.07, 6.45) is 3.16. The van der Waals surface area contributed by atoms with Crippen LogP contribution in [-0.2, 0) is 14.3 Å². The smallest absolute Gasteiger partial charge is 0.329 e. The number of amides is 1. The van der Waals surface area contributed by atoms with Gasteiger partial charge in [-0.25, -0.2) is 4.79 Å². The molecule has 1 amide bonds. The van der Waals surface area contributed by atoms with E-state index in [2.05, 4.69) is 0 Å². The number of aliphatic carboxylic acids is 1. The van der Waals surface area contributed by atoms with Crippen molar-refractivity contribution in [1.82, 2.24) is 4.90 Å². The highest BCUT2D eigenvalue weighted by molar-refractivity contribution is 5.78. The maximum Gasteiger partial charge on any atom is 0.329 e. The van der Waals surface area contributed by atoms with E-state index in [1.54, 1.807) is 0 Å². The van der Waals surface area contributed by atoms with Gasteiger partial charge in [-0.15, -0.1) is 0 Å². The van der Waals surface area contributed by atoms with E-state index in [9.17, 15) is 9.59 Å². The Kier molecular flexibility index (Phi) is 4.73. The molecule has 1 rings (SSSR count). The fourth-order valence-corrected chi connectivity index (χ4v) is 2.21. The van der Waals surface area contributed by atoms with E-state index in [1.807, 2.05) is 18.7 Å². The molecule has 5 nitrogen and oxygen atoms in total. The van der Waals surface area contributed by atoms with E-state index >= 15 is 0 Å². The second-order valence-corrected chi connectivity index (χ2v) is 4.32. The molecule has 16 heavy (non-hydrogen) atoms. The van der Waals surface area contributed by atoms with Crippen molar-refractivity contribution in [2.24, 2.45) is 0 Å². The van der Waals surface area contributed by atoms with E-state index in [1.165, 1.54) is 0 Å². The van der Waals surface area contributed by atoms with Crippen LogP contribution in [0, 0.1) is 0 Å². The van der Waals surface area contributed by atoms with Gasteiger partial charge in [-0.05, 0) is 33.1 Å². The molecule has 1 fully saturated rings. The lowest BCUT2D eigenvalue weighted by molar-refractivity contribution is -0.148. The molecule has 1 heterocycles. The van der Waals surface area contributed by atoms with Crippen molar-refractivity contribution in [3.05, 3.63) is 0 Å². The zero-order valence-corrected chi connectivity index (χ0v) is 9.81. The van der Waals surface area contributed by atoms with Gasteiger partial charge in [0.15, 0.2) is 0 Å². The van der Waals surface area contributed by atoms with Crippen LogP contribution in [-0.4, -0.2) is 47.2 Å². The van der Waals surface area contributed by atoms with Crippen LogP contribution in [0.2, 0.25) is 0 Å². The SMILES string of the molecule is C[C@@H]1CCC[C@H](C)N1C(=O)COCC(=O)O. The van der Waals surface area contributed by atoms with Crippen molar-refractivity contribution in [3.8, 4) is 0 Å². The Hall–Kier alpha value is -1.10. The summed E-state index contributed by atoms with van der Waals surface area (Å²) in [6, 6.07) is 0.453. The first-order valence-corrected chi connectivity index (χ1v) is 5.63. The maximum absolute atomic E-state index is 11.8. The van der Waals surface area contributed by atoms with Crippen LogP contribution in [0.25, 0.3) is 0 Å². The summed E-state index contributed by atoms with van der Waals surface area (Å²) in [4.78, 5) is 23.9. The normalized spacial score (nSPS) is 25.5. The summed E-state index contributed by atoms with van der Waals surface area (Å²) in [7, 11) is 0. The minimum absolute atomic E-state index is 0.110. The predicted octanol–water partition coefficient (Wildman–Crippen LogP) is 0.877. The molecule has 0 radical (unpaired) electrons.